The van der Waals surface area contributed by atoms with Gasteiger partial charge in [-0.05, 0) is 24.6 Å². The minimum absolute atomic E-state index is 0.0375. The van der Waals surface area contributed by atoms with Crippen LogP contribution < -0.4 is 9.47 Å². The maximum absolute atomic E-state index is 9.19. The molecular formula is C13H18O4. The van der Waals surface area contributed by atoms with Gasteiger partial charge in [0.25, 0.3) is 0 Å². The van der Waals surface area contributed by atoms with Crippen molar-refractivity contribution < 1.29 is 19.7 Å². The van der Waals surface area contributed by atoms with E-state index in [1.807, 2.05) is 31.2 Å². The number of hydrogen-bond donors (Lipinski definition) is 2. The van der Waals surface area contributed by atoms with Crippen molar-refractivity contribution in [2.24, 2.45) is 0 Å². The molecule has 0 fully saturated rings. The Morgan fingerprint density at radius 1 is 1.35 bits per heavy atom. The van der Waals surface area contributed by atoms with Crippen LogP contribution in [0.1, 0.15) is 12.5 Å². The predicted octanol–water partition coefficient (Wildman–Crippen LogP) is 1.46. The van der Waals surface area contributed by atoms with Crippen LogP contribution in [0.15, 0.2) is 24.3 Å². The van der Waals surface area contributed by atoms with Crippen molar-refractivity contribution in [2.75, 3.05) is 20.3 Å². The van der Waals surface area contributed by atoms with Crippen molar-refractivity contribution in [1.82, 2.24) is 0 Å². The van der Waals surface area contributed by atoms with Crippen LogP contribution in [-0.2, 0) is 0 Å². The Morgan fingerprint density at radius 3 is 2.71 bits per heavy atom. The molecule has 1 aromatic rings. The first-order chi connectivity index (χ1) is 8.21. The van der Waals surface area contributed by atoms with Gasteiger partial charge in [-0.15, -0.1) is 0 Å². The molecule has 4 nitrogen and oxygen atoms in total. The minimum Gasteiger partial charge on any atom is -0.493 e. The summed E-state index contributed by atoms with van der Waals surface area (Å²) in [7, 11) is 1.56. The number of benzene rings is 1. The summed E-state index contributed by atoms with van der Waals surface area (Å²) >= 11 is 0. The van der Waals surface area contributed by atoms with Crippen molar-refractivity contribution in [3.63, 3.8) is 0 Å². The fourth-order valence-corrected chi connectivity index (χ4v) is 1.34. The SMILES string of the molecule is C/C=C\c1ccc(OCC(O)CO)c(OC)c1. The van der Waals surface area contributed by atoms with E-state index in [2.05, 4.69) is 0 Å². The Balaban J connectivity index is 2.78. The van der Waals surface area contributed by atoms with Gasteiger partial charge in [-0.1, -0.05) is 18.2 Å². The van der Waals surface area contributed by atoms with Gasteiger partial charge in [0, 0.05) is 0 Å². The van der Waals surface area contributed by atoms with Crippen molar-refractivity contribution >= 4 is 6.08 Å². The van der Waals surface area contributed by atoms with E-state index in [-0.39, 0.29) is 13.2 Å². The van der Waals surface area contributed by atoms with Crippen molar-refractivity contribution in [3.05, 3.63) is 29.8 Å². The maximum Gasteiger partial charge on any atom is 0.161 e. The predicted molar refractivity (Wildman–Crippen MR) is 66.3 cm³/mol. The third-order valence-corrected chi connectivity index (χ3v) is 2.19. The Morgan fingerprint density at radius 2 is 2.12 bits per heavy atom. The molecule has 1 rings (SSSR count). The number of methoxy groups -OCH3 is 1. The molecule has 0 bridgehead atoms. The quantitative estimate of drug-likeness (QED) is 0.787. The molecule has 0 aliphatic rings. The third kappa shape index (κ3) is 4.09. The number of hydrogen-bond acceptors (Lipinski definition) is 4. The molecule has 17 heavy (non-hydrogen) atoms. The van der Waals surface area contributed by atoms with Gasteiger partial charge in [-0.25, -0.2) is 0 Å². The van der Waals surface area contributed by atoms with Crippen LogP contribution in [0.4, 0.5) is 0 Å². The van der Waals surface area contributed by atoms with Crippen LogP contribution in [0.5, 0.6) is 11.5 Å². The van der Waals surface area contributed by atoms with Crippen LogP contribution >= 0.6 is 0 Å². The summed E-state index contributed by atoms with van der Waals surface area (Å²) in [4.78, 5) is 0. The molecular weight excluding hydrogens is 220 g/mol. The van der Waals surface area contributed by atoms with Gasteiger partial charge in [0.05, 0.1) is 13.7 Å². The van der Waals surface area contributed by atoms with E-state index in [0.717, 1.165) is 5.56 Å². The highest BCUT2D eigenvalue weighted by molar-refractivity contribution is 5.55. The first-order valence-electron chi connectivity index (χ1n) is 5.43. The van der Waals surface area contributed by atoms with Crippen LogP contribution in [0.25, 0.3) is 6.08 Å². The molecule has 0 amide bonds. The lowest BCUT2D eigenvalue weighted by Crippen LogP contribution is -2.21. The van der Waals surface area contributed by atoms with E-state index < -0.39 is 6.10 Å². The fraction of sp³-hybridized carbons (Fsp3) is 0.385. The summed E-state index contributed by atoms with van der Waals surface area (Å²) < 4.78 is 10.5. The van der Waals surface area contributed by atoms with Gasteiger partial charge in [-0.2, -0.15) is 0 Å². The zero-order chi connectivity index (χ0) is 12.7. The van der Waals surface area contributed by atoms with Crippen LogP contribution in [-0.4, -0.2) is 36.6 Å². The highest BCUT2D eigenvalue weighted by Crippen LogP contribution is 2.28. The molecule has 1 atom stereocenters. The molecule has 2 N–H and O–H groups in total. The fourth-order valence-electron chi connectivity index (χ4n) is 1.34. The molecule has 1 aromatic carbocycles. The molecule has 0 heterocycles. The molecule has 0 aromatic heterocycles. The van der Waals surface area contributed by atoms with Crippen LogP contribution in [0.3, 0.4) is 0 Å². The maximum atomic E-state index is 9.19. The van der Waals surface area contributed by atoms with Crippen molar-refractivity contribution in [3.8, 4) is 11.5 Å². The van der Waals surface area contributed by atoms with Crippen LogP contribution in [0, 0.1) is 0 Å². The van der Waals surface area contributed by atoms with E-state index in [4.69, 9.17) is 14.6 Å². The largest absolute Gasteiger partial charge is 0.493 e. The van der Waals surface area contributed by atoms with E-state index in [9.17, 15) is 5.11 Å². The molecule has 0 aliphatic carbocycles. The second-order valence-corrected chi connectivity index (χ2v) is 3.56. The average molecular weight is 238 g/mol. The summed E-state index contributed by atoms with van der Waals surface area (Å²) in [6, 6.07) is 5.52. The van der Waals surface area contributed by atoms with E-state index in [1.54, 1.807) is 13.2 Å². The molecule has 4 heteroatoms. The smallest absolute Gasteiger partial charge is 0.161 e. The summed E-state index contributed by atoms with van der Waals surface area (Å²) in [6.45, 7) is 1.66. The van der Waals surface area contributed by atoms with Gasteiger partial charge >= 0.3 is 0 Å². The monoisotopic (exact) mass is 238 g/mol. The topological polar surface area (TPSA) is 58.9 Å². The van der Waals surface area contributed by atoms with E-state index in [1.165, 1.54) is 0 Å². The molecule has 0 aliphatic heterocycles. The standard InChI is InChI=1S/C13H18O4/c1-3-4-10-5-6-12(13(7-10)16-2)17-9-11(15)8-14/h3-7,11,14-15H,8-9H2,1-2H3/b4-3-. The van der Waals surface area contributed by atoms with Gasteiger partial charge < -0.3 is 19.7 Å². The number of rotatable bonds is 6. The lowest BCUT2D eigenvalue weighted by atomic mass is 10.2. The Labute approximate surface area is 101 Å². The number of aliphatic hydroxyl groups excluding tert-OH is 2. The van der Waals surface area contributed by atoms with E-state index >= 15 is 0 Å². The van der Waals surface area contributed by atoms with Crippen LogP contribution in [0.2, 0.25) is 0 Å². The lowest BCUT2D eigenvalue weighted by molar-refractivity contribution is 0.0527. The number of aliphatic hydroxyl groups is 2. The summed E-state index contributed by atoms with van der Waals surface area (Å²) in [5, 5.41) is 17.9. The number of allylic oxidation sites excluding steroid dienone is 1. The van der Waals surface area contributed by atoms with Crippen molar-refractivity contribution in [2.45, 2.75) is 13.0 Å². The molecule has 0 saturated carbocycles. The lowest BCUT2D eigenvalue weighted by Gasteiger charge is -2.13. The molecule has 0 radical (unpaired) electrons. The Bertz CT molecular complexity index is 374. The highest BCUT2D eigenvalue weighted by Gasteiger charge is 2.08. The average Bonchev–Trinajstić information content (AvgIpc) is 2.36. The second-order valence-electron chi connectivity index (χ2n) is 3.56. The molecule has 1 unspecified atom stereocenters. The normalized spacial score (nSPS) is 12.7. The zero-order valence-electron chi connectivity index (χ0n) is 10.1. The zero-order valence-corrected chi connectivity index (χ0v) is 10.1. The highest BCUT2D eigenvalue weighted by atomic mass is 16.5. The first kappa shape index (κ1) is 13.5. The minimum atomic E-state index is -0.880. The number of ether oxygens (including phenoxy) is 2. The molecule has 0 saturated heterocycles. The molecule has 0 spiro atoms. The van der Waals surface area contributed by atoms with Crippen molar-refractivity contribution in [1.29, 1.82) is 0 Å². The summed E-state index contributed by atoms with van der Waals surface area (Å²) in [5.74, 6) is 1.15. The Hall–Kier alpha value is -1.52. The Kier molecular flexibility index (Phi) is 5.52. The van der Waals surface area contributed by atoms with Gasteiger partial charge in [0.2, 0.25) is 0 Å². The van der Waals surface area contributed by atoms with E-state index in [0.29, 0.717) is 11.5 Å². The van der Waals surface area contributed by atoms with Gasteiger partial charge in [0.1, 0.15) is 12.7 Å². The molecule has 94 valence electrons. The summed E-state index contributed by atoms with van der Waals surface area (Å²) in [5.41, 5.74) is 1.01. The van der Waals surface area contributed by atoms with Gasteiger partial charge in [-0.3, -0.25) is 0 Å². The summed E-state index contributed by atoms with van der Waals surface area (Å²) in [6.07, 6.45) is 3.01. The van der Waals surface area contributed by atoms with Gasteiger partial charge in [0.15, 0.2) is 11.5 Å². The first-order valence-corrected chi connectivity index (χ1v) is 5.43. The third-order valence-electron chi connectivity index (χ3n) is 2.19. The second kappa shape index (κ2) is 6.93.